The molecular formula is C48H38N2. The van der Waals surface area contributed by atoms with Gasteiger partial charge in [-0.1, -0.05) is 136 Å². The fourth-order valence-corrected chi connectivity index (χ4v) is 7.57. The van der Waals surface area contributed by atoms with Gasteiger partial charge in [-0.15, -0.1) is 0 Å². The van der Waals surface area contributed by atoms with Gasteiger partial charge in [-0.2, -0.15) is 0 Å². The molecule has 0 saturated heterocycles. The van der Waals surface area contributed by atoms with Crippen molar-refractivity contribution in [3.63, 3.8) is 0 Å². The lowest BCUT2D eigenvalue weighted by Crippen LogP contribution is -2.13. The van der Waals surface area contributed by atoms with Gasteiger partial charge in [-0.3, -0.25) is 0 Å². The van der Waals surface area contributed by atoms with E-state index in [2.05, 4.69) is 206 Å². The second kappa shape index (κ2) is 11.8. The van der Waals surface area contributed by atoms with E-state index in [0.717, 1.165) is 22.7 Å². The maximum absolute atomic E-state index is 2.43. The molecule has 0 amide bonds. The van der Waals surface area contributed by atoms with Crippen LogP contribution in [0.25, 0.3) is 60.2 Å². The molecule has 0 aliphatic carbocycles. The number of nitrogens with zero attached hydrogens (tertiary/aromatic N) is 2. The molecule has 0 unspecified atom stereocenters. The second-order valence-corrected chi connectivity index (χ2v) is 14.3. The van der Waals surface area contributed by atoms with Crippen molar-refractivity contribution in [1.82, 2.24) is 4.57 Å². The summed E-state index contributed by atoms with van der Waals surface area (Å²) in [5, 5.41) is 7.72. The van der Waals surface area contributed by atoms with Crippen molar-refractivity contribution in [2.75, 3.05) is 4.90 Å². The van der Waals surface area contributed by atoms with E-state index in [1.165, 1.54) is 60.0 Å². The highest BCUT2D eigenvalue weighted by molar-refractivity contribution is 6.28. The van der Waals surface area contributed by atoms with Gasteiger partial charge >= 0.3 is 0 Å². The number of hydrogen-bond donors (Lipinski definition) is 0. The molecule has 0 radical (unpaired) electrons. The summed E-state index contributed by atoms with van der Waals surface area (Å²) in [4.78, 5) is 2.33. The first-order valence-corrected chi connectivity index (χ1v) is 17.4. The van der Waals surface area contributed by atoms with Crippen molar-refractivity contribution in [3.05, 3.63) is 181 Å². The number of anilines is 3. The minimum Gasteiger partial charge on any atom is -0.311 e. The third-order valence-corrected chi connectivity index (χ3v) is 10.1. The third-order valence-electron chi connectivity index (χ3n) is 10.1. The van der Waals surface area contributed by atoms with Crippen molar-refractivity contribution >= 4 is 60.4 Å². The van der Waals surface area contributed by atoms with Gasteiger partial charge < -0.3 is 9.47 Å². The summed E-state index contributed by atoms with van der Waals surface area (Å²) >= 11 is 0. The average molecular weight is 643 g/mol. The average Bonchev–Trinajstić information content (AvgIpc) is 3.51. The van der Waals surface area contributed by atoms with Crippen molar-refractivity contribution < 1.29 is 0 Å². The molecular weight excluding hydrogens is 605 g/mol. The Morgan fingerprint density at radius 1 is 0.400 bits per heavy atom. The number of para-hydroxylation sites is 1. The predicted molar refractivity (Wildman–Crippen MR) is 215 cm³/mol. The molecule has 0 atom stereocenters. The molecule has 9 rings (SSSR count). The molecule has 0 N–H and O–H groups in total. The van der Waals surface area contributed by atoms with E-state index in [1.54, 1.807) is 0 Å². The SMILES string of the molecule is CC(C)(C)c1ccc(N(c2ccccc2)c2ccc(-c3ccc(-n4c5ccc6ccccc6c5c5c6ccccc6ccc54)cc3)cc2)cc1. The van der Waals surface area contributed by atoms with Gasteiger partial charge in [-0.25, -0.2) is 0 Å². The third kappa shape index (κ3) is 5.04. The van der Waals surface area contributed by atoms with Crippen LogP contribution in [0.2, 0.25) is 0 Å². The normalized spacial score (nSPS) is 11.9. The maximum Gasteiger partial charge on any atom is 0.0547 e. The van der Waals surface area contributed by atoms with E-state index >= 15 is 0 Å². The zero-order chi connectivity index (χ0) is 33.8. The molecule has 0 fully saturated rings. The van der Waals surface area contributed by atoms with Crippen molar-refractivity contribution in [2.24, 2.45) is 0 Å². The van der Waals surface area contributed by atoms with Gasteiger partial charge in [0.1, 0.15) is 0 Å². The Bertz CT molecular complexity index is 2550. The summed E-state index contributed by atoms with van der Waals surface area (Å²) in [6.07, 6.45) is 0. The minimum atomic E-state index is 0.109. The van der Waals surface area contributed by atoms with E-state index in [0.29, 0.717) is 0 Å². The lowest BCUT2D eigenvalue weighted by atomic mass is 9.87. The summed E-state index contributed by atoms with van der Waals surface area (Å²) < 4.78 is 2.43. The van der Waals surface area contributed by atoms with Gasteiger partial charge in [0.25, 0.3) is 0 Å². The number of hydrogen-bond acceptors (Lipinski definition) is 1. The Kier molecular flexibility index (Phi) is 7.07. The molecule has 0 aliphatic rings. The van der Waals surface area contributed by atoms with Gasteiger partial charge in [0, 0.05) is 33.5 Å². The zero-order valence-corrected chi connectivity index (χ0v) is 28.6. The van der Waals surface area contributed by atoms with Crippen LogP contribution >= 0.6 is 0 Å². The molecule has 240 valence electrons. The molecule has 2 heteroatoms. The molecule has 0 saturated carbocycles. The highest BCUT2D eigenvalue weighted by Gasteiger charge is 2.18. The Hall–Kier alpha value is -6.12. The molecule has 1 aromatic heterocycles. The van der Waals surface area contributed by atoms with Crippen LogP contribution < -0.4 is 4.90 Å². The first kappa shape index (κ1) is 30.0. The summed E-state index contributed by atoms with van der Waals surface area (Å²) in [6, 6.07) is 64.1. The highest BCUT2D eigenvalue weighted by Crippen LogP contribution is 2.41. The molecule has 0 spiro atoms. The van der Waals surface area contributed by atoms with Gasteiger partial charge in [0.05, 0.1) is 11.0 Å². The topological polar surface area (TPSA) is 8.17 Å². The van der Waals surface area contributed by atoms with E-state index < -0.39 is 0 Å². The Labute approximate surface area is 293 Å². The van der Waals surface area contributed by atoms with Crippen LogP contribution in [0, 0.1) is 0 Å². The standard InChI is InChI=1S/C48H38N2/c1-48(2,3)37-23-29-40(30-24-37)49(38-13-5-4-6-14-38)39-25-17-33(18-26-39)34-19-27-41(28-20-34)50-44-31-21-35-11-7-9-15-42(35)46(44)47-43-16-10-8-12-36(43)22-32-45(47)50/h4-32H,1-3H3. The van der Waals surface area contributed by atoms with Crippen LogP contribution in [0.1, 0.15) is 26.3 Å². The first-order valence-electron chi connectivity index (χ1n) is 17.4. The van der Waals surface area contributed by atoms with Crippen molar-refractivity contribution in [1.29, 1.82) is 0 Å². The van der Waals surface area contributed by atoms with Crippen LogP contribution in [0.5, 0.6) is 0 Å². The number of fused-ring (bicyclic) bond motifs is 7. The van der Waals surface area contributed by atoms with Gasteiger partial charge in [0.15, 0.2) is 0 Å². The van der Waals surface area contributed by atoms with Crippen molar-refractivity contribution in [2.45, 2.75) is 26.2 Å². The van der Waals surface area contributed by atoms with E-state index in [9.17, 15) is 0 Å². The predicted octanol–water partition coefficient (Wildman–Crippen LogP) is 13.5. The minimum absolute atomic E-state index is 0.109. The monoisotopic (exact) mass is 642 g/mol. The second-order valence-electron chi connectivity index (χ2n) is 14.3. The molecule has 0 aliphatic heterocycles. The Morgan fingerprint density at radius 2 is 0.840 bits per heavy atom. The molecule has 9 aromatic rings. The van der Waals surface area contributed by atoms with Crippen LogP contribution in [0.15, 0.2) is 176 Å². The van der Waals surface area contributed by atoms with Crippen LogP contribution in [-0.2, 0) is 5.41 Å². The quantitative estimate of drug-likeness (QED) is 0.181. The fraction of sp³-hybridized carbons (Fsp3) is 0.0833. The fourth-order valence-electron chi connectivity index (χ4n) is 7.57. The molecule has 0 bridgehead atoms. The van der Waals surface area contributed by atoms with Crippen LogP contribution in [0.4, 0.5) is 17.1 Å². The van der Waals surface area contributed by atoms with Gasteiger partial charge in [-0.05, 0) is 104 Å². The van der Waals surface area contributed by atoms with Crippen LogP contribution in [-0.4, -0.2) is 4.57 Å². The van der Waals surface area contributed by atoms with Crippen LogP contribution in [0.3, 0.4) is 0 Å². The number of benzene rings is 8. The Morgan fingerprint density at radius 3 is 1.36 bits per heavy atom. The van der Waals surface area contributed by atoms with Gasteiger partial charge in [0.2, 0.25) is 0 Å². The number of rotatable bonds is 5. The summed E-state index contributed by atoms with van der Waals surface area (Å²) in [5.41, 5.74) is 10.8. The lowest BCUT2D eigenvalue weighted by Gasteiger charge is -2.27. The first-order chi connectivity index (χ1) is 24.4. The van der Waals surface area contributed by atoms with E-state index in [1.807, 2.05) is 0 Å². The largest absolute Gasteiger partial charge is 0.311 e. The van der Waals surface area contributed by atoms with E-state index in [4.69, 9.17) is 0 Å². The molecule has 8 aromatic carbocycles. The molecule has 50 heavy (non-hydrogen) atoms. The van der Waals surface area contributed by atoms with Crippen molar-refractivity contribution in [3.8, 4) is 16.8 Å². The molecule has 2 nitrogen and oxygen atoms in total. The van der Waals surface area contributed by atoms with E-state index in [-0.39, 0.29) is 5.41 Å². The lowest BCUT2D eigenvalue weighted by molar-refractivity contribution is 0.590. The number of aromatic nitrogens is 1. The Balaban J connectivity index is 1.11. The summed E-state index contributed by atoms with van der Waals surface area (Å²) in [7, 11) is 0. The smallest absolute Gasteiger partial charge is 0.0547 e. The maximum atomic E-state index is 2.43. The highest BCUT2D eigenvalue weighted by atomic mass is 15.1. The summed E-state index contributed by atoms with van der Waals surface area (Å²) in [6.45, 7) is 6.78. The molecule has 1 heterocycles. The zero-order valence-electron chi connectivity index (χ0n) is 28.6. The summed E-state index contributed by atoms with van der Waals surface area (Å²) in [5.74, 6) is 0.